The predicted molar refractivity (Wildman–Crippen MR) is 146 cm³/mol. The molecule has 7 nitrogen and oxygen atoms in total. The first-order chi connectivity index (χ1) is 17.4. The van der Waals surface area contributed by atoms with Crippen LogP contribution in [0.5, 0.6) is 0 Å². The van der Waals surface area contributed by atoms with Crippen LogP contribution in [0.15, 0.2) is 36.4 Å². The van der Waals surface area contributed by atoms with Crippen molar-refractivity contribution in [1.82, 2.24) is 14.9 Å². The van der Waals surface area contributed by atoms with E-state index >= 15 is 0 Å². The maximum Gasteiger partial charge on any atom is 0.254 e. The van der Waals surface area contributed by atoms with Crippen LogP contribution in [0.2, 0.25) is 0 Å². The third-order valence-electron chi connectivity index (χ3n) is 7.78. The Bertz CT molecular complexity index is 1370. The zero-order valence-electron chi connectivity index (χ0n) is 20.5. The minimum atomic E-state index is 0.104. The average molecular weight is 593 g/mol. The van der Waals surface area contributed by atoms with Crippen molar-refractivity contribution in [3.63, 3.8) is 0 Å². The van der Waals surface area contributed by atoms with Crippen molar-refractivity contribution in [1.29, 1.82) is 5.26 Å². The van der Waals surface area contributed by atoms with Gasteiger partial charge in [-0.1, -0.05) is 6.07 Å². The predicted octanol–water partition coefficient (Wildman–Crippen LogP) is 4.64. The summed E-state index contributed by atoms with van der Waals surface area (Å²) in [7, 11) is 0. The number of ether oxygens (including phenoxy) is 1. The number of hydrogen-bond donors (Lipinski definition) is 1. The Morgan fingerprint density at radius 2 is 1.94 bits per heavy atom. The SMILES string of the molecule is Cc1nc(-c2cc(C(=O)N3CC4(C3)CN(c3ccc(C#N)cc3)C4)c(C)cc2C2CCOC2)c(I)[nH]1. The standard InChI is InChI=1S/C28H28IN5O2/c1-17-9-23(20-7-8-36-12-20)24(25-26(29)32-18(2)31-25)10-22(17)27(35)34-15-28(16-34)13-33(14-28)21-5-3-19(11-30)4-6-21/h3-6,9-10,20H,7-8,12-16H2,1-2H3,(H,31,32). The number of nitriles is 1. The van der Waals surface area contributed by atoms with E-state index in [4.69, 9.17) is 15.0 Å². The third kappa shape index (κ3) is 3.98. The molecule has 1 aromatic heterocycles. The topological polar surface area (TPSA) is 85.2 Å². The molecule has 3 aliphatic rings. The van der Waals surface area contributed by atoms with Crippen molar-refractivity contribution in [2.45, 2.75) is 26.2 Å². The van der Waals surface area contributed by atoms with Crippen LogP contribution in [-0.4, -0.2) is 60.2 Å². The minimum absolute atomic E-state index is 0.104. The fourth-order valence-electron chi connectivity index (χ4n) is 5.89. The number of carbonyl (C=O) groups is 1. The van der Waals surface area contributed by atoms with Gasteiger partial charge in [0.2, 0.25) is 0 Å². The fraction of sp³-hybridized carbons (Fsp3) is 0.393. The zero-order chi connectivity index (χ0) is 25.0. The number of likely N-dealkylation sites (tertiary alicyclic amines) is 1. The molecule has 2 aromatic carbocycles. The number of imidazole rings is 1. The summed E-state index contributed by atoms with van der Waals surface area (Å²) < 4.78 is 6.68. The van der Waals surface area contributed by atoms with Crippen molar-refractivity contribution in [3.05, 3.63) is 68.2 Å². The van der Waals surface area contributed by atoms with Gasteiger partial charge in [0.25, 0.3) is 5.91 Å². The number of nitrogens with zero attached hydrogens (tertiary/aromatic N) is 4. The molecule has 6 rings (SSSR count). The Balaban J connectivity index is 1.21. The molecule has 0 radical (unpaired) electrons. The van der Waals surface area contributed by atoms with Gasteiger partial charge in [-0.05, 0) is 84.3 Å². The Morgan fingerprint density at radius 1 is 1.19 bits per heavy atom. The number of aromatic amines is 1. The molecular weight excluding hydrogens is 565 g/mol. The van der Waals surface area contributed by atoms with Crippen LogP contribution in [0, 0.1) is 34.3 Å². The lowest BCUT2D eigenvalue weighted by Gasteiger charge is -2.61. The molecule has 36 heavy (non-hydrogen) atoms. The Hall–Kier alpha value is -2.90. The van der Waals surface area contributed by atoms with Crippen molar-refractivity contribution in [2.24, 2.45) is 5.41 Å². The van der Waals surface area contributed by atoms with Crippen molar-refractivity contribution < 1.29 is 9.53 Å². The second kappa shape index (κ2) is 8.89. The molecule has 3 fully saturated rings. The lowest BCUT2D eigenvalue weighted by atomic mass is 9.72. The molecule has 8 heteroatoms. The monoisotopic (exact) mass is 593 g/mol. The number of nitrogens with one attached hydrogen (secondary N) is 1. The van der Waals surface area contributed by atoms with E-state index in [9.17, 15) is 4.79 Å². The van der Waals surface area contributed by atoms with Crippen molar-refractivity contribution in [3.8, 4) is 17.3 Å². The lowest BCUT2D eigenvalue weighted by molar-refractivity contribution is -0.0105. The molecule has 0 bridgehead atoms. The van der Waals surface area contributed by atoms with Gasteiger partial charge in [-0.15, -0.1) is 0 Å². The summed E-state index contributed by atoms with van der Waals surface area (Å²) >= 11 is 2.30. The summed E-state index contributed by atoms with van der Waals surface area (Å²) in [4.78, 5) is 26.0. The number of halogens is 1. The number of aryl methyl sites for hydroxylation is 2. The Kier molecular flexibility index (Phi) is 5.80. The first kappa shape index (κ1) is 23.5. The summed E-state index contributed by atoms with van der Waals surface area (Å²) in [5, 5.41) is 9.02. The first-order valence-electron chi connectivity index (χ1n) is 12.3. The third-order valence-corrected chi connectivity index (χ3v) is 8.56. The van der Waals surface area contributed by atoms with Crippen molar-refractivity contribution >= 4 is 34.2 Å². The fourth-order valence-corrected chi connectivity index (χ4v) is 6.70. The van der Waals surface area contributed by atoms with E-state index in [1.807, 2.05) is 43.0 Å². The maximum absolute atomic E-state index is 13.6. The van der Waals surface area contributed by atoms with E-state index in [0.717, 1.165) is 76.8 Å². The van der Waals surface area contributed by atoms with Gasteiger partial charge in [0.15, 0.2) is 0 Å². The van der Waals surface area contributed by atoms with Gasteiger partial charge in [-0.3, -0.25) is 4.79 Å². The summed E-state index contributed by atoms with van der Waals surface area (Å²) in [5.41, 5.74) is 6.96. The maximum atomic E-state index is 13.6. The van der Waals surface area contributed by atoms with E-state index in [-0.39, 0.29) is 11.3 Å². The highest BCUT2D eigenvalue weighted by molar-refractivity contribution is 14.1. The van der Waals surface area contributed by atoms with Crippen LogP contribution in [-0.2, 0) is 4.74 Å². The smallest absolute Gasteiger partial charge is 0.254 e. The largest absolute Gasteiger partial charge is 0.381 e. The lowest BCUT2D eigenvalue weighted by Crippen LogP contribution is -2.73. The summed E-state index contributed by atoms with van der Waals surface area (Å²) in [6, 6.07) is 14.2. The molecule has 4 heterocycles. The van der Waals surface area contributed by atoms with Crippen LogP contribution in [0.25, 0.3) is 11.3 Å². The Morgan fingerprint density at radius 3 is 2.56 bits per heavy atom. The molecule has 3 saturated heterocycles. The van der Waals surface area contributed by atoms with E-state index < -0.39 is 0 Å². The normalized spacial score (nSPS) is 20.2. The molecular formula is C28H28IN5O2. The van der Waals surface area contributed by atoms with E-state index in [1.54, 1.807) is 0 Å². The summed E-state index contributed by atoms with van der Waals surface area (Å²) in [6.45, 7) is 8.94. The minimum Gasteiger partial charge on any atom is -0.381 e. The highest BCUT2D eigenvalue weighted by Gasteiger charge is 2.53. The molecule has 1 spiro atoms. The van der Waals surface area contributed by atoms with Gasteiger partial charge >= 0.3 is 0 Å². The highest BCUT2D eigenvalue weighted by Crippen LogP contribution is 2.43. The van der Waals surface area contributed by atoms with Crippen LogP contribution < -0.4 is 4.90 Å². The molecule has 3 aromatic rings. The van der Waals surface area contributed by atoms with Crippen LogP contribution in [0.1, 0.15) is 45.2 Å². The van der Waals surface area contributed by atoms with Gasteiger partial charge in [-0.25, -0.2) is 4.98 Å². The highest BCUT2D eigenvalue weighted by atomic mass is 127. The molecule has 1 atom stereocenters. The number of aromatic nitrogens is 2. The molecule has 0 aliphatic carbocycles. The number of carbonyl (C=O) groups excluding carboxylic acids is 1. The van der Waals surface area contributed by atoms with E-state index in [1.165, 1.54) is 5.56 Å². The summed E-state index contributed by atoms with van der Waals surface area (Å²) in [5.74, 6) is 1.30. The second-order valence-electron chi connectivity index (χ2n) is 10.5. The van der Waals surface area contributed by atoms with Crippen LogP contribution in [0.4, 0.5) is 5.69 Å². The van der Waals surface area contributed by atoms with E-state index in [2.05, 4.69) is 50.7 Å². The van der Waals surface area contributed by atoms with Gasteiger partial charge in [0.05, 0.1) is 18.2 Å². The number of amides is 1. The average Bonchev–Trinajstić information content (AvgIpc) is 3.47. The molecule has 1 amide bonds. The van der Waals surface area contributed by atoms with E-state index in [0.29, 0.717) is 18.1 Å². The molecule has 0 saturated carbocycles. The number of anilines is 1. The summed E-state index contributed by atoms with van der Waals surface area (Å²) in [6.07, 6.45) is 0.990. The molecule has 3 aliphatic heterocycles. The number of rotatable bonds is 4. The second-order valence-corrected chi connectivity index (χ2v) is 11.6. The quantitative estimate of drug-likeness (QED) is 0.446. The Labute approximate surface area is 224 Å². The van der Waals surface area contributed by atoms with Crippen molar-refractivity contribution in [2.75, 3.05) is 44.3 Å². The van der Waals surface area contributed by atoms with Gasteiger partial charge in [0, 0.05) is 60.9 Å². The number of benzene rings is 2. The van der Waals surface area contributed by atoms with Gasteiger partial charge in [-0.2, -0.15) is 5.26 Å². The molecule has 184 valence electrons. The van der Waals surface area contributed by atoms with Crippen LogP contribution >= 0.6 is 22.6 Å². The number of H-pyrrole nitrogens is 1. The molecule has 1 N–H and O–H groups in total. The first-order valence-corrected chi connectivity index (χ1v) is 13.4. The van der Waals surface area contributed by atoms with Crippen LogP contribution in [0.3, 0.4) is 0 Å². The van der Waals surface area contributed by atoms with Gasteiger partial charge in [0.1, 0.15) is 15.2 Å². The number of hydrogen-bond acceptors (Lipinski definition) is 5. The molecule has 1 unspecified atom stereocenters. The zero-order valence-corrected chi connectivity index (χ0v) is 22.6. The van der Waals surface area contributed by atoms with Gasteiger partial charge < -0.3 is 19.5 Å².